The van der Waals surface area contributed by atoms with Crippen LogP contribution in [-0.4, -0.2) is 20.2 Å². The summed E-state index contributed by atoms with van der Waals surface area (Å²) >= 11 is 0. The highest BCUT2D eigenvalue weighted by Crippen LogP contribution is 2.38. The van der Waals surface area contributed by atoms with Crippen LogP contribution in [-0.2, 0) is 19.4 Å². The van der Waals surface area contributed by atoms with Gasteiger partial charge in [0.05, 0.1) is 5.69 Å². The maximum atomic E-state index is 14.2. The molecule has 4 rings (SSSR count). The third kappa shape index (κ3) is 3.63. The van der Waals surface area contributed by atoms with Crippen LogP contribution in [0.2, 0.25) is 0 Å². The monoisotopic (exact) mass is 366 g/mol. The van der Waals surface area contributed by atoms with Crippen LogP contribution in [0, 0.1) is 11.4 Å². The van der Waals surface area contributed by atoms with E-state index in [1.54, 1.807) is 6.20 Å². The van der Waals surface area contributed by atoms with Crippen LogP contribution in [0.5, 0.6) is 0 Å². The first-order valence-electron chi connectivity index (χ1n) is 9.09. The zero-order valence-corrected chi connectivity index (χ0v) is 15.5. The van der Waals surface area contributed by atoms with E-state index >= 15 is 0 Å². The molecule has 0 radical (unpaired) electrons. The average Bonchev–Trinajstić information content (AvgIpc) is 3.02. The Bertz CT molecular complexity index is 978. The molecule has 0 spiro atoms. The highest BCUT2D eigenvalue weighted by molar-refractivity contribution is 5.67. The largest absolute Gasteiger partial charge is 0.383 e. The summed E-state index contributed by atoms with van der Waals surface area (Å²) in [6, 6.07) is 6.95. The molecule has 6 nitrogen and oxygen atoms in total. The predicted octanol–water partition coefficient (Wildman–Crippen LogP) is 3.72. The van der Waals surface area contributed by atoms with Gasteiger partial charge in [-0.1, -0.05) is 19.9 Å². The lowest BCUT2D eigenvalue weighted by Crippen LogP contribution is -2.21. The number of hydrogen-bond acceptors (Lipinski definition) is 5. The second kappa shape index (κ2) is 6.64. The third-order valence-corrected chi connectivity index (χ3v) is 5.11. The number of nitrogens with zero attached hydrogens (tertiary/aromatic N) is 3. The Morgan fingerprint density at radius 3 is 3.00 bits per heavy atom. The molecule has 0 amide bonds. The van der Waals surface area contributed by atoms with Crippen molar-refractivity contribution in [2.75, 3.05) is 11.1 Å². The molecule has 3 aromatic heterocycles. The number of hydrogen-bond donors (Lipinski definition) is 3. The summed E-state index contributed by atoms with van der Waals surface area (Å²) in [4.78, 5) is 8.00. The van der Waals surface area contributed by atoms with Gasteiger partial charge in [0.2, 0.25) is 5.95 Å². The van der Waals surface area contributed by atoms with E-state index in [9.17, 15) is 4.39 Å². The molecule has 0 saturated carbocycles. The van der Waals surface area contributed by atoms with Crippen LogP contribution in [0.25, 0.3) is 11.3 Å². The number of aromatic amines is 1. The summed E-state index contributed by atoms with van der Waals surface area (Å²) in [7, 11) is 0. The fourth-order valence-corrected chi connectivity index (χ4v) is 3.60. The van der Waals surface area contributed by atoms with Gasteiger partial charge in [0.15, 0.2) is 0 Å². The molecule has 0 unspecified atom stereocenters. The topological polar surface area (TPSA) is 92.5 Å². The Labute approximate surface area is 157 Å². The van der Waals surface area contributed by atoms with E-state index in [1.807, 2.05) is 18.2 Å². The van der Waals surface area contributed by atoms with Gasteiger partial charge < -0.3 is 11.1 Å². The van der Waals surface area contributed by atoms with E-state index in [1.165, 1.54) is 11.6 Å². The molecule has 3 aromatic rings. The first-order valence-corrected chi connectivity index (χ1v) is 9.09. The lowest BCUT2D eigenvalue weighted by atomic mass is 9.76. The number of nitrogens with two attached hydrogens (primary N) is 1. The van der Waals surface area contributed by atoms with Gasteiger partial charge in [-0.15, -0.1) is 0 Å². The summed E-state index contributed by atoms with van der Waals surface area (Å²) in [5.74, 6) is 0.355. The zero-order chi connectivity index (χ0) is 19.0. The molecule has 0 aromatic carbocycles. The van der Waals surface area contributed by atoms with Crippen molar-refractivity contribution in [3.63, 3.8) is 0 Å². The fourth-order valence-electron chi connectivity index (χ4n) is 3.60. The van der Waals surface area contributed by atoms with Crippen molar-refractivity contribution < 1.29 is 4.39 Å². The smallest absolute Gasteiger partial charge is 0.215 e. The van der Waals surface area contributed by atoms with Crippen LogP contribution >= 0.6 is 0 Å². The zero-order valence-electron chi connectivity index (χ0n) is 15.5. The molecule has 0 atom stereocenters. The molecule has 7 heteroatoms. The van der Waals surface area contributed by atoms with Gasteiger partial charge in [0, 0.05) is 41.2 Å². The maximum Gasteiger partial charge on any atom is 0.215 e. The summed E-state index contributed by atoms with van der Waals surface area (Å²) in [5, 5.41) is 10.7. The van der Waals surface area contributed by atoms with Crippen molar-refractivity contribution in [1.82, 2.24) is 20.2 Å². The van der Waals surface area contributed by atoms with Crippen molar-refractivity contribution in [3.05, 3.63) is 53.2 Å². The normalized spacial score (nSPS) is 15.4. The number of anilines is 2. The Hall–Kier alpha value is -2.96. The fraction of sp³-hybridized carbons (Fsp3) is 0.350. The SMILES string of the molecule is CC1(C)CCc2c(-c3cc(F)nc(NCc4cccnc4N)c3)n[nH]c2C1. The minimum absolute atomic E-state index is 0.261. The summed E-state index contributed by atoms with van der Waals surface area (Å²) in [6.45, 7) is 4.94. The lowest BCUT2D eigenvalue weighted by molar-refractivity contribution is 0.312. The van der Waals surface area contributed by atoms with Crippen molar-refractivity contribution in [2.24, 2.45) is 5.41 Å². The van der Waals surface area contributed by atoms with Crippen molar-refractivity contribution >= 4 is 11.6 Å². The quantitative estimate of drug-likeness (QED) is 0.612. The summed E-state index contributed by atoms with van der Waals surface area (Å²) < 4.78 is 14.2. The van der Waals surface area contributed by atoms with E-state index in [0.717, 1.165) is 41.8 Å². The first kappa shape index (κ1) is 17.5. The highest BCUT2D eigenvalue weighted by atomic mass is 19.1. The molecule has 140 valence electrons. The van der Waals surface area contributed by atoms with Gasteiger partial charge in [0.1, 0.15) is 11.6 Å². The number of H-pyrrole nitrogens is 1. The number of halogens is 1. The van der Waals surface area contributed by atoms with Crippen LogP contribution in [0.3, 0.4) is 0 Å². The molecule has 1 aliphatic carbocycles. The number of nitrogens with one attached hydrogen (secondary N) is 2. The maximum absolute atomic E-state index is 14.2. The van der Waals surface area contributed by atoms with Crippen LogP contribution < -0.4 is 11.1 Å². The number of nitrogen functional groups attached to an aromatic ring is 1. The van der Waals surface area contributed by atoms with E-state index in [4.69, 9.17) is 5.73 Å². The number of pyridine rings is 2. The molecule has 1 aliphatic rings. The molecular formula is C20H23FN6. The number of aromatic nitrogens is 4. The molecular weight excluding hydrogens is 343 g/mol. The van der Waals surface area contributed by atoms with Crippen molar-refractivity contribution in [2.45, 2.75) is 39.7 Å². The average molecular weight is 366 g/mol. The predicted molar refractivity (Wildman–Crippen MR) is 104 cm³/mol. The van der Waals surface area contributed by atoms with E-state index in [2.05, 4.69) is 39.3 Å². The summed E-state index contributed by atoms with van der Waals surface area (Å²) in [6.07, 6.45) is 4.62. The van der Waals surface area contributed by atoms with Gasteiger partial charge in [-0.25, -0.2) is 9.97 Å². The molecule has 0 bridgehead atoms. The van der Waals surface area contributed by atoms with Crippen molar-refractivity contribution in [1.29, 1.82) is 0 Å². The van der Waals surface area contributed by atoms with E-state index in [-0.39, 0.29) is 5.41 Å². The van der Waals surface area contributed by atoms with E-state index < -0.39 is 5.95 Å². The number of fused-ring (bicyclic) bond motifs is 1. The molecule has 0 aliphatic heterocycles. The van der Waals surface area contributed by atoms with Crippen LogP contribution in [0.15, 0.2) is 30.5 Å². The molecule has 27 heavy (non-hydrogen) atoms. The molecule has 4 N–H and O–H groups in total. The summed E-state index contributed by atoms with van der Waals surface area (Å²) in [5.41, 5.74) is 10.8. The Morgan fingerprint density at radius 1 is 1.33 bits per heavy atom. The standard InChI is InChI=1S/C20H23FN6/c1-20(2)6-5-14-15(10-20)26-27-18(14)13-8-16(21)25-17(9-13)24-11-12-4-3-7-23-19(12)22/h3-4,7-9H,5-6,10-11H2,1-2H3,(H2,22,23)(H,24,25)(H,26,27). The Morgan fingerprint density at radius 2 is 2.19 bits per heavy atom. The first-order chi connectivity index (χ1) is 12.9. The van der Waals surface area contributed by atoms with E-state index in [0.29, 0.717) is 18.2 Å². The Kier molecular flexibility index (Phi) is 4.30. The molecule has 0 saturated heterocycles. The van der Waals surface area contributed by atoms with Crippen LogP contribution in [0.1, 0.15) is 37.1 Å². The highest BCUT2D eigenvalue weighted by Gasteiger charge is 2.29. The third-order valence-electron chi connectivity index (χ3n) is 5.11. The minimum atomic E-state index is -0.540. The number of rotatable bonds is 4. The van der Waals surface area contributed by atoms with Gasteiger partial charge >= 0.3 is 0 Å². The van der Waals surface area contributed by atoms with Gasteiger partial charge in [-0.05, 0) is 36.8 Å². The second-order valence-electron chi connectivity index (χ2n) is 7.84. The van der Waals surface area contributed by atoms with Gasteiger partial charge in [-0.3, -0.25) is 5.10 Å². The molecule has 3 heterocycles. The molecule has 0 fully saturated rings. The van der Waals surface area contributed by atoms with Crippen LogP contribution in [0.4, 0.5) is 16.0 Å². The van der Waals surface area contributed by atoms with Gasteiger partial charge in [-0.2, -0.15) is 9.49 Å². The van der Waals surface area contributed by atoms with Gasteiger partial charge in [0.25, 0.3) is 0 Å². The Balaban J connectivity index is 1.60. The van der Waals surface area contributed by atoms with Crippen molar-refractivity contribution in [3.8, 4) is 11.3 Å². The lowest BCUT2D eigenvalue weighted by Gasteiger charge is -2.29. The minimum Gasteiger partial charge on any atom is -0.383 e. The second-order valence-corrected chi connectivity index (χ2v) is 7.84.